The third kappa shape index (κ3) is 20.6. The SMILES string of the molecule is [CH3-].[CH3-].[Cl][Ru]([Cl])=[CH]c1ccccc1.[Cl][Ru][Cl].c1ccc(P(c2ccccc2)c2ccccc2)cc1.c1ccc(P(c2ccccc2)c2ccccc2)cc1.c1ccc(P(c2ccccc2)c2ccccc2)cc1. The van der Waals surface area contributed by atoms with E-state index in [0.29, 0.717) is 0 Å². The Kier molecular flexibility index (Phi) is 30.0. The van der Waals surface area contributed by atoms with E-state index in [-0.39, 0.29) is 30.0 Å². The first kappa shape index (κ1) is 60.3. The molecule has 0 bridgehead atoms. The van der Waals surface area contributed by atoms with E-state index < -0.39 is 37.3 Å². The molecule has 0 N–H and O–H groups in total. The van der Waals surface area contributed by atoms with Crippen molar-refractivity contribution in [2.45, 2.75) is 0 Å². The number of benzene rings is 10. The first-order chi connectivity index (χ1) is 34.6. The molecule has 0 saturated carbocycles. The molecular formula is C63H57Cl4P3Ru2-2. The van der Waals surface area contributed by atoms with Crippen molar-refractivity contribution in [2.75, 3.05) is 0 Å². The summed E-state index contributed by atoms with van der Waals surface area (Å²) in [4.78, 5) is 0. The molecule has 10 aromatic carbocycles. The second-order valence-corrected chi connectivity index (χ2v) is 29.8. The Morgan fingerprint density at radius 1 is 0.250 bits per heavy atom. The van der Waals surface area contributed by atoms with Gasteiger partial charge < -0.3 is 14.9 Å². The maximum absolute atomic E-state index is 5.67. The third-order valence-electron chi connectivity index (χ3n) is 10.1. The van der Waals surface area contributed by atoms with Crippen LogP contribution in [0.5, 0.6) is 0 Å². The monoisotopic (exact) mass is 1250 g/mol. The molecule has 10 rings (SSSR count). The largest absolute Gasteiger partial charge is 0.0622 e. The van der Waals surface area contributed by atoms with Crippen LogP contribution in [0.4, 0.5) is 0 Å². The molecule has 0 saturated heterocycles. The fourth-order valence-corrected chi connectivity index (χ4v) is 15.9. The molecule has 0 radical (unpaired) electrons. The zero-order chi connectivity index (χ0) is 48.9. The van der Waals surface area contributed by atoms with Crippen molar-refractivity contribution in [2.24, 2.45) is 0 Å². The van der Waals surface area contributed by atoms with Crippen LogP contribution in [0, 0.1) is 14.9 Å². The predicted octanol–water partition coefficient (Wildman–Crippen LogP) is 15.4. The number of hydrogen-bond donors (Lipinski definition) is 0. The summed E-state index contributed by atoms with van der Waals surface area (Å²) in [6.45, 7) is 0. The van der Waals surface area contributed by atoms with Gasteiger partial charge in [-0.25, -0.2) is 0 Å². The second-order valence-electron chi connectivity index (χ2n) is 14.8. The van der Waals surface area contributed by atoms with Gasteiger partial charge in [-0.1, -0.05) is 273 Å². The number of hydrogen-bond acceptors (Lipinski definition) is 0. The van der Waals surface area contributed by atoms with E-state index >= 15 is 0 Å². The Morgan fingerprint density at radius 3 is 0.500 bits per heavy atom. The minimum Gasteiger partial charge on any atom is -0.0622 e. The summed E-state index contributed by atoms with van der Waals surface area (Å²) in [5.41, 5.74) is 1.12. The first-order valence-corrected chi connectivity index (χ1v) is 36.1. The van der Waals surface area contributed by atoms with Crippen LogP contribution in [0.2, 0.25) is 0 Å². The summed E-state index contributed by atoms with van der Waals surface area (Å²) in [7, 11) is 19.7. The quantitative estimate of drug-likeness (QED) is 0.0727. The van der Waals surface area contributed by atoms with E-state index in [1.54, 1.807) is 0 Å². The maximum atomic E-state index is 5.67. The molecule has 0 aliphatic rings. The van der Waals surface area contributed by atoms with Gasteiger partial charge in [-0.2, -0.15) is 0 Å². The second kappa shape index (κ2) is 35.8. The van der Waals surface area contributed by atoms with Crippen LogP contribution < -0.4 is 47.7 Å². The molecule has 0 aliphatic heterocycles. The van der Waals surface area contributed by atoms with Gasteiger partial charge in [0.05, 0.1) is 0 Å². The van der Waals surface area contributed by atoms with Crippen molar-refractivity contribution in [3.8, 4) is 0 Å². The molecule has 0 atom stereocenters. The Labute approximate surface area is 462 Å². The zero-order valence-corrected chi connectivity index (χ0v) is 49.2. The molecule has 0 amide bonds. The van der Waals surface area contributed by atoms with Crippen LogP contribution in [-0.2, 0) is 28.7 Å². The fourth-order valence-electron chi connectivity index (χ4n) is 7.15. The molecule has 0 unspecified atom stereocenters. The average molecular weight is 1250 g/mol. The summed E-state index contributed by atoms with van der Waals surface area (Å²) < 4.78 is 1.92. The normalized spacial score (nSPS) is 10.2. The minimum atomic E-state index is -1.61. The van der Waals surface area contributed by atoms with Gasteiger partial charge in [0.1, 0.15) is 0 Å². The van der Waals surface area contributed by atoms with Crippen LogP contribution >= 0.6 is 62.5 Å². The van der Waals surface area contributed by atoms with Crippen LogP contribution in [0.15, 0.2) is 303 Å². The van der Waals surface area contributed by atoms with Gasteiger partial charge >= 0.3 is 108 Å². The molecule has 0 aromatic heterocycles. The summed E-state index contributed by atoms with van der Waals surface area (Å²) in [5.74, 6) is 0. The molecule has 0 aliphatic carbocycles. The first-order valence-electron chi connectivity index (χ1n) is 22.1. The van der Waals surface area contributed by atoms with Gasteiger partial charge in [0.25, 0.3) is 0 Å². The van der Waals surface area contributed by atoms with Gasteiger partial charge in [0.2, 0.25) is 0 Å². The average Bonchev–Trinajstić information content (AvgIpc) is 3.43. The Morgan fingerprint density at radius 2 is 0.375 bits per heavy atom. The summed E-state index contributed by atoms with van der Waals surface area (Å²) in [5, 5.41) is 12.6. The number of halogens is 4. The van der Waals surface area contributed by atoms with Crippen molar-refractivity contribution >= 4 is 115 Å². The van der Waals surface area contributed by atoms with Crippen molar-refractivity contribution in [1.82, 2.24) is 0 Å². The predicted molar refractivity (Wildman–Crippen MR) is 323 cm³/mol. The van der Waals surface area contributed by atoms with Crippen molar-refractivity contribution in [3.05, 3.63) is 324 Å². The van der Waals surface area contributed by atoms with Gasteiger partial charge in [-0.05, 0) is 71.5 Å². The molecule has 10 aromatic rings. The molecule has 0 fully saturated rings. The van der Waals surface area contributed by atoms with E-state index in [4.69, 9.17) is 38.8 Å². The Balaban J connectivity index is 0.000000207. The third-order valence-corrected chi connectivity index (χ3v) is 19.3. The van der Waals surface area contributed by atoms with Gasteiger partial charge in [-0.3, -0.25) is 0 Å². The van der Waals surface area contributed by atoms with E-state index in [9.17, 15) is 0 Å². The summed E-state index contributed by atoms with van der Waals surface area (Å²) in [6.07, 6.45) is 0. The molecule has 370 valence electrons. The smallest absolute Gasteiger partial charge is 0.0134 e. The Bertz CT molecular complexity index is 2350. The zero-order valence-electron chi connectivity index (χ0n) is 40.0. The molecule has 0 heterocycles. The van der Waals surface area contributed by atoms with Crippen molar-refractivity contribution in [1.29, 1.82) is 0 Å². The maximum Gasteiger partial charge on any atom is -0.0134 e. The molecular weight excluding hydrogens is 1190 g/mol. The van der Waals surface area contributed by atoms with Gasteiger partial charge in [0.15, 0.2) is 0 Å². The topological polar surface area (TPSA) is 0 Å². The molecule has 72 heavy (non-hydrogen) atoms. The van der Waals surface area contributed by atoms with Gasteiger partial charge in [0, 0.05) is 0 Å². The molecule has 0 nitrogen and oxygen atoms in total. The number of rotatable bonds is 10. The fraction of sp³-hybridized carbons (Fsp3) is 0. The van der Waals surface area contributed by atoms with E-state index in [1.807, 2.05) is 34.9 Å². The van der Waals surface area contributed by atoms with Crippen LogP contribution in [0.1, 0.15) is 5.56 Å². The standard InChI is InChI=1S/3C18H15P.C7H6.2CH3.4ClH.2Ru/c3*1-4-10-16(11-5-1)19(17-12-6-2-7-13-17)18-14-8-3-9-15-18;1-7-5-3-2-4-6-7;;;;;;;;/h3*1-15H;1-6H;2*1H3;4*1H;;/q;;;;2*-1;;;;;2*+2/p-4. The van der Waals surface area contributed by atoms with E-state index in [1.165, 1.54) is 47.7 Å². The van der Waals surface area contributed by atoms with Gasteiger partial charge in [-0.15, -0.1) is 0 Å². The summed E-state index contributed by atoms with van der Waals surface area (Å²) in [6, 6.07) is 107. The van der Waals surface area contributed by atoms with Crippen molar-refractivity contribution in [3.63, 3.8) is 0 Å². The summed E-state index contributed by atoms with van der Waals surface area (Å²) >= 11 is -1.96. The van der Waals surface area contributed by atoms with E-state index in [0.717, 1.165) is 5.56 Å². The minimum absolute atomic E-state index is 0. The van der Waals surface area contributed by atoms with Crippen LogP contribution in [-0.4, -0.2) is 4.61 Å². The molecule has 0 spiro atoms. The van der Waals surface area contributed by atoms with Crippen LogP contribution in [0.3, 0.4) is 0 Å². The van der Waals surface area contributed by atoms with Crippen molar-refractivity contribution < 1.29 is 28.7 Å². The molecule has 9 heteroatoms. The van der Waals surface area contributed by atoms with E-state index in [2.05, 4.69) is 273 Å². The Hall–Kier alpha value is -4.23. The van der Waals surface area contributed by atoms with Crippen LogP contribution in [0.25, 0.3) is 0 Å².